The third kappa shape index (κ3) is 5.66. The highest BCUT2D eigenvalue weighted by molar-refractivity contribution is 5.99. The highest BCUT2D eigenvalue weighted by atomic mass is 16.2. The molecule has 1 aliphatic heterocycles. The van der Waals surface area contributed by atoms with Crippen LogP contribution >= 0.6 is 0 Å². The van der Waals surface area contributed by atoms with Crippen LogP contribution in [-0.4, -0.2) is 51.0 Å². The fourth-order valence-corrected chi connectivity index (χ4v) is 4.79. The van der Waals surface area contributed by atoms with Gasteiger partial charge in [-0.25, -0.2) is 0 Å². The van der Waals surface area contributed by atoms with Gasteiger partial charge in [-0.05, 0) is 30.7 Å². The molecule has 3 amide bonds. The van der Waals surface area contributed by atoms with Crippen LogP contribution in [0.2, 0.25) is 0 Å². The number of benzene rings is 1. The van der Waals surface area contributed by atoms with Crippen molar-refractivity contribution in [2.24, 2.45) is 5.92 Å². The van der Waals surface area contributed by atoms with Gasteiger partial charge in [0.05, 0.1) is 0 Å². The number of nitrogens with zero attached hydrogens (tertiary/aromatic N) is 3. The summed E-state index contributed by atoms with van der Waals surface area (Å²) in [4.78, 5) is 41.0. The number of hydrogen-bond donors (Lipinski definition) is 2. The number of carbonyl (C=O) groups excluding carboxylic acids is 3. The van der Waals surface area contributed by atoms with E-state index in [0.29, 0.717) is 25.3 Å². The molecule has 1 atom stereocenters. The fourth-order valence-electron chi connectivity index (χ4n) is 4.79. The predicted molar refractivity (Wildman–Crippen MR) is 129 cm³/mol. The molecule has 2 N–H and O–H groups in total. The fraction of sp³-hybridized carbons (Fsp3) is 0.538. The first-order valence-electron chi connectivity index (χ1n) is 12.4. The lowest BCUT2D eigenvalue weighted by Gasteiger charge is -2.27. The van der Waals surface area contributed by atoms with Crippen molar-refractivity contribution >= 4 is 17.7 Å². The number of carbonyl (C=O) groups is 3. The van der Waals surface area contributed by atoms with Crippen LogP contribution in [0.4, 0.5) is 0 Å². The molecule has 1 aliphatic carbocycles. The lowest BCUT2D eigenvalue weighted by molar-refractivity contribution is -0.124. The standard InChI is InChI=1S/C26H35N5O3/c1-18(2)23(25(33)27-20-12-7-4-8-13-20)28-24(32)21-16-22-26(34)30(14-9-15-31(22)29-21)17-19-10-5-3-6-11-19/h3,5-6,10-11,16,18,20,23H,4,7-9,12-15,17H2,1-2H3,(H,27,33)(H,28,32)/t23-/m1/s1. The number of fused-ring (bicyclic) bond motifs is 1. The molecule has 1 fully saturated rings. The average Bonchev–Trinajstić information content (AvgIpc) is 3.21. The molecule has 1 saturated carbocycles. The van der Waals surface area contributed by atoms with Gasteiger partial charge in [-0.15, -0.1) is 0 Å². The lowest BCUT2D eigenvalue weighted by Crippen LogP contribution is -2.52. The van der Waals surface area contributed by atoms with E-state index in [0.717, 1.165) is 37.7 Å². The summed E-state index contributed by atoms with van der Waals surface area (Å²) in [5.41, 5.74) is 1.64. The highest BCUT2D eigenvalue weighted by Crippen LogP contribution is 2.19. The summed E-state index contributed by atoms with van der Waals surface area (Å²) in [5.74, 6) is -0.791. The van der Waals surface area contributed by atoms with Gasteiger partial charge in [0, 0.05) is 31.7 Å². The average molecular weight is 466 g/mol. The SMILES string of the molecule is CC(C)[C@@H](NC(=O)c1cc2n(n1)CCCN(Cc1ccccc1)C2=O)C(=O)NC1CCCCC1. The Morgan fingerprint density at radius 1 is 1.06 bits per heavy atom. The van der Waals surface area contributed by atoms with Crippen molar-refractivity contribution in [2.45, 2.75) is 77.5 Å². The second-order valence-electron chi connectivity index (χ2n) is 9.74. The van der Waals surface area contributed by atoms with E-state index in [1.165, 1.54) is 6.42 Å². The van der Waals surface area contributed by atoms with Crippen LogP contribution in [0.1, 0.15) is 78.9 Å². The Labute approximate surface area is 201 Å². The smallest absolute Gasteiger partial charge is 0.272 e. The van der Waals surface area contributed by atoms with Crippen molar-refractivity contribution in [1.29, 1.82) is 0 Å². The Balaban J connectivity index is 1.44. The first kappa shape index (κ1) is 24.0. The van der Waals surface area contributed by atoms with Gasteiger partial charge in [0.1, 0.15) is 11.7 Å². The van der Waals surface area contributed by atoms with E-state index in [1.807, 2.05) is 44.2 Å². The number of hydrogen-bond acceptors (Lipinski definition) is 4. The summed E-state index contributed by atoms with van der Waals surface area (Å²) in [6.07, 6.45) is 6.19. The molecule has 2 heterocycles. The van der Waals surface area contributed by atoms with Crippen molar-refractivity contribution in [1.82, 2.24) is 25.3 Å². The van der Waals surface area contributed by atoms with E-state index < -0.39 is 11.9 Å². The summed E-state index contributed by atoms with van der Waals surface area (Å²) in [5, 5.41) is 10.4. The maximum absolute atomic E-state index is 13.2. The second kappa shape index (κ2) is 10.8. The zero-order valence-corrected chi connectivity index (χ0v) is 20.1. The van der Waals surface area contributed by atoms with Gasteiger partial charge in [0.25, 0.3) is 11.8 Å². The van der Waals surface area contributed by atoms with Gasteiger partial charge in [0.15, 0.2) is 5.69 Å². The Bertz CT molecular complexity index is 1010. The third-order valence-electron chi connectivity index (χ3n) is 6.72. The molecule has 34 heavy (non-hydrogen) atoms. The zero-order valence-electron chi connectivity index (χ0n) is 20.1. The van der Waals surface area contributed by atoms with Crippen LogP contribution in [0, 0.1) is 5.92 Å². The number of rotatable bonds is 7. The molecule has 2 aliphatic rings. The van der Waals surface area contributed by atoms with Gasteiger partial charge in [-0.3, -0.25) is 19.1 Å². The van der Waals surface area contributed by atoms with Crippen LogP contribution in [0.5, 0.6) is 0 Å². The van der Waals surface area contributed by atoms with Crippen molar-refractivity contribution in [3.05, 3.63) is 53.3 Å². The van der Waals surface area contributed by atoms with E-state index >= 15 is 0 Å². The molecular weight excluding hydrogens is 430 g/mol. The van der Waals surface area contributed by atoms with Crippen LogP contribution < -0.4 is 10.6 Å². The lowest BCUT2D eigenvalue weighted by atomic mass is 9.94. The summed E-state index contributed by atoms with van der Waals surface area (Å²) in [6.45, 7) is 5.55. The molecule has 4 rings (SSSR count). The van der Waals surface area contributed by atoms with Gasteiger partial charge in [0.2, 0.25) is 5.91 Å². The molecule has 0 spiro atoms. The molecule has 182 valence electrons. The van der Waals surface area contributed by atoms with E-state index in [4.69, 9.17) is 0 Å². The highest BCUT2D eigenvalue weighted by Gasteiger charge is 2.30. The first-order valence-corrected chi connectivity index (χ1v) is 12.4. The molecule has 8 heteroatoms. The molecule has 1 aromatic heterocycles. The number of aryl methyl sites for hydroxylation is 1. The van der Waals surface area contributed by atoms with Gasteiger partial charge in [-0.2, -0.15) is 5.10 Å². The van der Waals surface area contributed by atoms with E-state index in [1.54, 1.807) is 15.6 Å². The van der Waals surface area contributed by atoms with Crippen LogP contribution in [0.3, 0.4) is 0 Å². The zero-order chi connectivity index (χ0) is 24.1. The second-order valence-corrected chi connectivity index (χ2v) is 9.74. The van der Waals surface area contributed by atoms with Crippen LogP contribution in [0.15, 0.2) is 36.4 Å². The Hall–Kier alpha value is -3.16. The molecule has 0 bridgehead atoms. The van der Waals surface area contributed by atoms with Gasteiger partial charge < -0.3 is 15.5 Å². The number of nitrogens with one attached hydrogen (secondary N) is 2. The molecule has 0 saturated heterocycles. The van der Waals surface area contributed by atoms with Gasteiger partial charge in [-0.1, -0.05) is 63.4 Å². The summed E-state index contributed by atoms with van der Waals surface area (Å²) >= 11 is 0. The number of amides is 3. The molecular formula is C26H35N5O3. The van der Waals surface area contributed by atoms with E-state index in [2.05, 4.69) is 15.7 Å². The van der Waals surface area contributed by atoms with Crippen molar-refractivity contribution in [3.63, 3.8) is 0 Å². The van der Waals surface area contributed by atoms with E-state index in [-0.39, 0.29) is 29.5 Å². The minimum absolute atomic E-state index is 0.0732. The topological polar surface area (TPSA) is 96.3 Å². The summed E-state index contributed by atoms with van der Waals surface area (Å²) < 4.78 is 1.62. The third-order valence-corrected chi connectivity index (χ3v) is 6.72. The quantitative estimate of drug-likeness (QED) is 0.657. The van der Waals surface area contributed by atoms with Crippen molar-refractivity contribution in [3.8, 4) is 0 Å². The molecule has 2 aromatic rings. The first-order chi connectivity index (χ1) is 16.4. The minimum atomic E-state index is -0.652. The van der Waals surface area contributed by atoms with Crippen molar-refractivity contribution < 1.29 is 14.4 Å². The molecule has 0 radical (unpaired) electrons. The van der Waals surface area contributed by atoms with E-state index in [9.17, 15) is 14.4 Å². The van der Waals surface area contributed by atoms with Gasteiger partial charge >= 0.3 is 0 Å². The molecule has 0 unspecified atom stereocenters. The monoisotopic (exact) mass is 465 g/mol. The normalized spacial score (nSPS) is 17.7. The summed E-state index contributed by atoms with van der Waals surface area (Å²) in [6, 6.07) is 10.9. The Kier molecular flexibility index (Phi) is 7.65. The van der Waals surface area contributed by atoms with Crippen molar-refractivity contribution in [2.75, 3.05) is 6.54 Å². The van der Waals surface area contributed by atoms with Crippen LogP contribution in [-0.2, 0) is 17.9 Å². The maximum atomic E-state index is 13.2. The summed E-state index contributed by atoms with van der Waals surface area (Å²) in [7, 11) is 0. The molecule has 8 nitrogen and oxygen atoms in total. The Morgan fingerprint density at radius 3 is 2.50 bits per heavy atom. The van der Waals surface area contributed by atoms with Crippen LogP contribution in [0.25, 0.3) is 0 Å². The largest absolute Gasteiger partial charge is 0.352 e. The Morgan fingerprint density at radius 2 is 1.79 bits per heavy atom. The number of aromatic nitrogens is 2. The molecule has 1 aromatic carbocycles. The predicted octanol–water partition coefficient (Wildman–Crippen LogP) is 3.13. The minimum Gasteiger partial charge on any atom is -0.352 e. The maximum Gasteiger partial charge on any atom is 0.272 e.